The van der Waals surface area contributed by atoms with Crippen LogP contribution in [-0.4, -0.2) is 7.05 Å². The zero-order valence-electron chi connectivity index (χ0n) is 33.5. The number of anilines is 3. The Labute approximate surface area is 324 Å². The van der Waals surface area contributed by atoms with Gasteiger partial charge in [-0.3, -0.25) is 0 Å². The van der Waals surface area contributed by atoms with Crippen LogP contribution in [0.1, 0.15) is 50.8 Å². The molecule has 0 fully saturated rings. The second-order valence-corrected chi connectivity index (χ2v) is 14.7. The minimum Gasteiger partial charge on any atom is -0.351 e. The summed E-state index contributed by atoms with van der Waals surface area (Å²) in [6, 6.07) is 43.7. The molecule has 2 nitrogen and oxygen atoms in total. The Balaban J connectivity index is 0.000000294. The lowest BCUT2D eigenvalue weighted by Crippen LogP contribution is -2.41. The Morgan fingerprint density at radius 1 is 0.667 bits per heavy atom. The molecule has 0 aliphatic heterocycles. The van der Waals surface area contributed by atoms with Gasteiger partial charge in [0.15, 0.2) is 0 Å². The highest BCUT2D eigenvalue weighted by Crippen LogP contribution is 2.38. The molecule has 1 aliphatic rings. The first-order chi connectivity index (χ1) is 26.0. The van der Waals surface area contributed by atoms with Crippen LogP contribution < -0.4 is 30.7 Å². The van der Waals surface area contributed by atoms with Gasteiger partial charge in [-0.1, -0.05) is 151 Å². The molecule has 1 unspecified atom stereocenters. The van der Waals surface area contributed by atoms with Crippen molar-refractivity contribution in [1.82, 2.24) is 0 Å². The van der Waals surface area contributed by atoms with Crippen LogP contribution in [0.5, 0.6) is 0 Å². The topological polar surface area (TPSA) is 6.48 Å². The van der Waals surface area contributed by atoms with Crippen molar-refractivity contribution in [2.24, 2.45) is 5.92 Å². The smallest absolute Gasteiger partial charge is 0.0458 e. The summed E-state index contributed by atoms with van der Waals surface area (Å²) in [6.07, 6.45) is 11.2. The number of hydrogen-bond donors (Lipinski definition) is 0. The van der Waals surface area contributed by atoms with Crippen LogP contribution in [0.3, 0.4) is 0 Å². The SMILES string of the molecule is C=C/C(C)=C\C=C\N(C)c1ccc(C)cc1.C=c1cccc/c1=C(/C=C(C)C)C1=c2ccccc2=C(N(c2ccc(C)cc2)c2ccc(C)cc2)C(C)C1. The third-order valence-electron chi connectivity index (χ3n) is 9.83. The largest absolute Gasteiger partial charge is 0.351 e. The molecule has 2 heteroatoms. The van der Waals surface area contributed by atoms with E-state index in [1.807, 2.05) is 38.4 Å². The molecule has 0 bridgehead atoms. The van der Waals surface area contributed by atoms with Crippen molar-refractivity contribution in [2.75, 3.05) is 16.8 Å². The maximum absolute atomic E-state index is 4.38. The fourth-order valence-corrected chi connectivity index (χ4v) is 6.82. The van der Waals surface area contributed by atoms with Crippen molar-refractivity contribution in [3.63, 3.8) is 0 Å². The summed E-state index contributed by atoms with van der Waals surface area (Å²) < 4.78 is 0. The van der Waals surface area contributed by atoms with Gasteiger partial charge in [0.25, 0.3) is 0 Å². The number of nitrogens with zero attached hydrogens (tertiary/aromatic N) is 2. The van der Waals surface area contributed by atoms with E-state index >= 15 is 0 Å². The highest BCUT2D eigenvalue weighted by Gasteiger charge is 2.26. The van der Waals surface area contributed by atoms with E-state index in [0.29, 0.717) is 5.92 Å². The van der Waals surface area contributed by atoms with Crippen LogP contribution in [0.25, 0.3) is 23.4 Å². The van der Waals surface area contributed by atoms with E-state index in [1.165, 1.54) is 71.8 Å². The van der Waals surface area contributed by atoms with E-state index in [1.54, 1.807) is 0 Å². The summed E-state index contributed by atoms with van der Waals surface area (Å²) in [7, 11) is 2.04. The van der Waals surface area contributed by atoms with Gasteiger partial charge in [-0.2, -0.15) is 0 Å². The van der Waals surface area contributed by atoms with Gasteiger partial charge in [0.2, 0.25) is 0 Å². The summed E-state index contributed by atoms with van der Waals surface area (Å²) in [5.41, 5.74) is 13.9. The van der Waals surface area contributed by atoms with Crippen molar-refractivity contribution < 1.29 is 0 Å². The lowest BCUT2D eigenvalue weighted by atomic mass is 9.83. The van der Waals surface area contributed by atoms with Gasteiger partial charge in [0.1, 0.15) is 0 Å². The Kier molecular flexibility index (Phi) is 13.3. The fourth-order valence-electron chi connectivity index (χ4n) is 6.82. The minimum atomic E-state index is 0.306. The van der Waals surface area contributed by atoms with Crippen LogP contribution in [0.2, 0.25) is 0 Å². The molecule has 1 atom stereocenters. The maximum Gasteiger partial charge on any atom is 0.0458 e. The van der Waals surface area contributed by atoms with Gasteiger partial charge >= 0.3 is 0 Å². The predicted molar refractivity (Wildman–Crippen MR) is 238 cm³/mol. The minimum absolute atomic E-state index is 0.306. The number of benzene rings is 5. The quantitative estimate of drug-likeness (QED) is 0.141. The highest BCUT2D eigenvalue weighted by atomic mass is 15.2. The lowest BCUT2D eigenvalue weighted by molar-refractivity contribution is 0.744. The van der Waals surface area contributed by atoms with Gasteiger partial charge < -0.3 is 9.80 Å². The van der Waals surface area contributed by atoms with Gasteiger partial charge in [-0.15, -0.1) is 0 Å². The summed E-state index contributed by atoms with van der Waals surface area (Å²) in [5.74, 6) is 0.306. The van der Waals surface area contributed by atoms with Crippen molar-refractivity contribution in [2.45, 2.75) is 54.9 Å². The van der Waals surface area contributed by atoms with Crippen molar-refractivity contribution in [1.29, 1.82) is 0 Å². The van der Waals surface area contributed by atoms with Crippen molar-refractivity contribution in [3.8, 4) is 0 Å². The van der Waals surface area contributed by atoms with E-state index < -0.39 is 0 Å². The summed E-state index contributed by atoms with van der Waals surface area (Å²) in [6.45, 7) is 23.2. The van der Waals surface area contributed by atoms with Gasteiger partial charge in [0, 0.05) is 47.1 Å². The molecule has 0 radical (unpaired) electrons. The third-order valence-corrected chi connectivity index (χ3v) is 9.83. The molecule has 5 aromatic rings. The number of fused-ring (bicyclic) bond motifs is 1. The van der Waals surface area contributed by atoms with E-state index in [9.17, 15) is 0 Å². The molecule has 0 saturated carbocycles. The number of rotatable bonds is 9. The molecule has 54 heavy (non-hydrogen) atoms. The molecule has 6 rings (SSSR count). The molecule has 0 spiro atoms. The standard InChI is InChI=1S/C37H37N.C15H19N/c1-25(2)23-35(32-12-8-7-11-28(32)5)36-24-29(6)37(34-14-10-9-13-33(34)36)38(30-19-15-26(3)16-20-30)31-21-17-27(4)18-22-31;1-5-13(2)7-6-12-16(4)15-10-8-14(3)9-11-15/h7-23,29H,5,24H2,1-4,6H3;5-12H,1H2,2-4H3/b35-32+;12-6+,13-7-. The fraction of sp³-hybridized carbons (Fsp3) is 0.192. The average molecular weight is 709 g/mol. The molecular formula is C52H56N2. The van der Waals surface area contributed by atoms with Crippen molar-refractivity contribution >= 4 is 40.5 Å². The number of hydrogen-bond acceptors (Lipinski definition) is 2. The lowest BCUT2D eigenvalue weighted by Gasteiger charge is -2.34. The summed E-state index contributed by atoms with van der Waals surface area (Å²) in [4.78, 5) is 4.56. The third kappa shape index (κ3) is 9.76. The van der Waals surface area contributed by atoms with Gasteiger partial charge in [-0.25, -0.2) is 0 Å². The summed E-state index contributed by atoms with van der Waals surface area (Å²) in [5, 5.41) is 4.88. The first kappa shape index (κ1) is 39.3. The number of allylic oxidation sites excluding steroid dienone is 6. The Morgan fingerprint density at radius 2 is 1.17 bits per heavy atom. The molecule has 0 heterocycles. The van der Waals surface area contributed by atoms with Crippen LogP contribution in [0, 0.1) is 26.7 Å². The molecule has 1 aliphatic carbocycles. The second-order valence-electron chi connectivity index (χ2n) is 14.7. The first-order valence-electron chi connectivity index (χ1n) is 18.9. The predicted octanol–water partition coefficient (Wildman–Crippen LogP) is 10.7. The zero-order chi connectivity index (χ0) is 38.8. The monoisotopic (exact) mass is 708 g/mol. The van der Waals surface area contributed by atoms with Crippen LogP contribution in [0.15, 0.2) is 170 Å². The molecule has 0 aromatic heterocycles. The van der Waals surface area contributed by atoms with Crippen molar-refractivity contribution in [3.05, 3.63) is 207 Å². The summed E-state index contributed by atoms with van der Waals surface area (Å²) >= 11 is 0. The first-order valence-corrected chi connectivity index (χ1v) is 18.9. The van der Waals surface area contributed by atoms with Crippen LogP contribution >= 0.6 is 0 Å². The Morgan fingerprint density at radius 3 is 1.69 bits per heavy atom. The van der Waals surface area contributed by atoms with Crippen LogP contribution in [0.4, 0.5) is 17.1 Å². The normalized spacial score (nSPS) is 14.4. The van der Waals surface area contributed by atoms with Crippen LogP contribution in [-0.2, 0) is 0 Å². The molecular weight excluding hydrogens is 653 g/mol. The second kappa shape index (κ2) is 18.3. The van der Waals surface area contributed by atoms with E-state index in [0.717, 1.165) is 17.2 Å². The highest BCUT2D eigenvalue weighted by molar-refractivity contribution is 5.96. The Hall–Kier alpha value is -5.86. The number of aryl methyl sites for hydroxylation is 3. The Bertz CT molecular complexity index is 2360. The van der Waals surface area contributed by atoms with Gasteiger partial charge in [-0.05, 0) is 117 Å². The van der Waals surface area contributed by atoms with E-state index in [-0.39, 0.29) is 0 Å². The van der Waals surface area contributed by atoms with Gasteiger partial charge in [0.05, 0.1) is 0 Å². The van der Waals surface area contributed by atoms with E-state index in [4.69, 9.17) is 0 Å². The maximum atomic E-state index is 4.38. The molecule has 0 N–H and O–H groups in total. The molecule has 274 valence electrons. The van der Waals surface area contributed by atoms with E-state index in [2.05, 4.69) is 192 Å². The molecule has 0 amide bonds. The zero-order valence-corrected chi connectivity index (χ0v) is 33.5. The molecule has 0 saturated heterocycles. The molecule has 5 aromatic carbocycles. The average Bonchev–Trinajstić information content (AvgIpc) is 3.16.